The van der Waals surface area contributed by atoms with E-state index in [9.17, 15) is 0 Å². The van der Waals surface area contributed by atoms with Crippen LogP contribution >= 0.6 is 0 Å². The van der Waals surface area contributed by atoms with E-state index in [-0.39, 0.29) is 11.1 Å². The van der Waals surface area contributed by atoms with Crippen molar-refractivity contribution in [2.75, 3.05) is 26.2 Å². The molecule has 3 heteroatoms. The summed E-state index contributed by atoms with van der Waals surface area (Å²) in [6.45, 7) is 17.6. The molecule has 1 aliphatic carbocycles. The van der Waals surface area contributed by atoms with Gasteiger partial charge in [-0.2, -0.15) is 0 Å². The van der Waals surface area contributed by atoms with Gasteiger partial charge in [0, 0.05) is 30.7 Å². The van der Waals surface area contributed by atoms with E-state index in [0.717, 1.165) is 32.2 Å². The highest BCUT2D eigenvalue weighted by atomic mass is 16.5. The Balaban J connectivity index is 1.96. The monoisotopic (exact) mass is 268 g/mol. The number of hydrogen-bond donors (Lipinski definition) is 1. The first-order valence-corrected chi connectivity index (χ1v) is 7.76. The van der Waals surface area contributed by atoms with Gasteiger partial charge in [0.25, 0.3) is 0 Å². The Hall–Kier alpha value is -0.120. The topological polar surface area (TPSA) is 24.5 Å². The van der Waals surface area contributed by atoms with Gasteiger partial charge in [-0.15, -0.1) is 0 Å². The molecule has 0 aromatic heterocycles. The smallest absolute Gasteiger partial charge is 0.0600 e. The summed E-state index contributed by atoms with van der Waals surface area (Å²) in [4.78, 5) is 2.67. The van der Waals surface area contributed by atoms with Crippen LogP contribution in [-0.4, -0.2) is 47.8 Å². The molecule has 2 rings (SSSR count). The van der Waals surface area contributed by atoms with Crippen LogP contribution in [0.15, 0.2) is 0 Å². The Morgan fingerprint density at radius 2 is 1.84 bits per heavy atom. The van der Waals surface area contributed by atoms with Crippen LogP contribution in [0.25, 0.3) is 0 Å². The second-order valence-electron chi connectivity index (χ2n) is 8.25. The standard InChI is InChI=1S/C16H32N2O/c1-14(2,3)19-10-9-18-12-15(4,5)17-11-16(18,6)13-7-8-13/h13,17H,7-12H2,1-6H3. The Labute approximate surface area is 119 Å². The van der Waals surface area contributed by atoms with Crippen molar-refractivity contribution in [2.45, 2.75) is 71.1 Å². The van der Waals surface area contributed by atoms with Crippen molar-refractivity contribution in [1.29, 1.82) is 0 Å². The van der Waals surface area contributed by atoms with Crippen molar-refractivity contribution in [3.63, 3.8) is 0 Å². The van der Waals surface area contributed by atoms with Gasteiger partial charge in [0.2, 0.25) is 0 Å². The van der Waals surface area contributed by atoms with E-state index in [2.05, 4.69) is 51.8 Å². The van der Waals surface area contributed by atoms with Crippen molar-refractivity contribution in [3.05, 3.63) is 0 Å². The Bertz CT molecular complexity index is 317. The summed E-state index contributed by atoms with van der Waals surface area (Å²) >= 11 is 0. The summed E-state index contributed by atoms with van der Waals surface area (Å²) in [5.74, 6) is 0.880. The zero-order chi connectivity index (χ0) is 14.3. The van der Waals surface area contributed by atoms with Crippen LogP contribution in [0.4, 0.5) is 0 Å². The maximum Gasteiger partial charge on any atom is 0.0600 e. The fraction of sp³-hybridized carbons (Fsp3) is 1.00. The van der Waals surface area contributed by atoms with Crippen LogP contribution in [0.1, 0.15) is 54.4 Å². The van der Waals surface area contributed by atoms with Crippen LogP contribution in [0.3, 0.4) is 0 Å². The predicted octanol–water partition coefficient (Wildman–Crippen LogP) is 2.65. The molecule has 1 saturated carbocycles. The van der Waals surface area contributed by atoms with Crippen LogP contribution in [0.5, 0.6) is 0 Å². The third-order valence-corrected chi connectivity index (χ3v) is 4.59. The number of hydrogen-bond acceptors (Lipinski definition) is 3. The lowest BCUT2D eigenvalue weighted by Crippen LogP contribution is -2.68. The second-order valence-corrected chi connectivity index (χ2v) is 8.25. The lowest BCUT2D eigenvalue weighted by atomic mass is 9.86. The molecule has 1 saturated heterocycles. The largest absolute Gasteiger partial charge is 0.375 e. The first-order valence-electron chi connectivity index (χ1n) is 7.76. The third-order valence-electron chi connectivity index (χ3n) is 4.59. The average Bonchev–Trinajstić information content (AvgIpc) is 3.05. The molecule has 2 aliphatic rings. The maximum atomic E-state index is 5.93. The van der Waals surface area contributed by atoms with Gasteiger partial charge in [-0.1, -0.05) is 0 Å². The molecule has 0 aromatic rings. The number of nitrogens with zero attached hydrogens (tertiary/aromatic N) is 1. The van der Waals surface area contributed by atoms with Crippen LogP contribution < -0.4 is 5.32 Å². The van der Waals surface area contributed by atoms with Crippen LogP contribution in [0.2, 0.25) is 0 Å². The van der Waals surface area contributed by atoms with Gasteiger partial charge in [0.1, 0.15) is 0 Å². The summed E-state index contributed by atoms with van der Waals surface area (Å²) in [6.07, 6.45) is 2.80. The van der Waals surface area contributed by atoms with Crippen LogP contribution in [-0.2, 0) is 4.74 Å². The molecule has 1 N–H and O–H groups in total. The van der Waals surface area contributed by atoms with E-state index in [4.69, 9.17) is 4.74 Å². The van der Waals surface area contributed by atoms with Crippen LogP contribution in [0, 0.1) is 5.92 Å². The molecular formula is C16H32N2O. The Morgan fingerprint density at radius 1 is 1.21 bits per heavy atom. The first kappa shape index (κ1) is 15.3. The highest BCUT2D eigenvalue weighted by Crippen LogP contribution is 2.44. The van der Waals surface area contributed by atoms with E-state index in [1.54, 1.807) is 0 Å². The summed E-state index contributed by atoms with van der Waals surface area (Å²) < 4.78 is 5.93. The average molecular weight is 268 g/mol. The quantitative estimate of drug-likeness (QED) is 0.848. The highest BCUT2D eigenvalue weighted by molar-refractivity contribution is 5.07. The molecule has 1 heterocycles. The van der Waals surface area contributed by atoms with Gasteiger partial charge >= 0.3 is 0 Å². The van der Waals surface area contributed by atoms with E-state index >= 15 is 0 Å². The van der Waals surface area contributed by atoms with E-state index in [1.165, 1.54) is 12.8 Å². The molecule has 0 aromatic carbocycles. The highest BCUT2D eigenvalue weighted by Gasteiger charge is 2.49. The van der Waals surface area contributed by atoms with Gasteiger partial charge in [0.05, 0.1) is 12.2 Å². The van der Waals surface area contributed by atoms with Crippen molar-refractivity contribution >= 4 is 0 Å². The van der Waals surface area contributed by atoms with E-state index in [0.29, 0.717) is 5.54 Å². The summed E-state index contributed by atoms with van der Waals surface area (Å²) in [5, 5.41) is 3.72. The van der Waals surface area contributed by atoms with Crippen molar-refractivity contribution in [3.8, 4) is 0 Å². The van der Waals surface area contributed by atoms with Gasteiger partial charge in [0.15, 0.2) is 0 Å². The van der Waals surface area contributed by atoms with E-state index in [1.807, 2.05) is 0 Å². The first-order chi connectivity index (χ1) is 8.62. The zero-order valence-corrected chi connectivity index (χ0v) is 13.7. The molecule has 0 amide bonds. The molecular weight excluding hydrogens is 236 g/mol. The number of rotatable bonds is 4. The Kier molecular flexibility index (Phi) is 4.03. The molecule has 1 aliphatic heterocycles. The minimum atomic E-state index is -0.0282. The summed E-state index contributed by atoms with van der Waals surface area (Å²) in [5.41, 5.74) is 0.520. The molecule has 112 valence electrons. The van der Waals surface area contributed by atoms with Gasteiger partial charge in [-0.05, 0) is 60.3 Å². The fourth-order valence-corrected chi connectivity index (χ4v) is 3.15. The van der Waals surface area contributed by atoms with E-state index < -0.39 is 0 Å². The van der Waals surface area contributed by atoms with Crippen molar-refractivity contribution < 1.29 is 4.74 Å². The predicted molar refractivity (Wildman–Crippen MR) is 80.5 cm³/mol. The molecule has 0 radical (unpaired) electrons. The number of nitrogens with one attached hydrogen (secondary N) is 1. The molecule has 1 atom stereocenters. The van der Waals surface area contributed by atoms with Gasteiger partial charge in [-0.3, -0.25) is 4.90 Å². The minimum absolute atomic E-state index is 0.0282. The molecule has 1 unspecified atom stereocenters. The summed E-state index contributed by atoms with van der Waals surface area (Å²) in [6, 6.07) is 0. The lowest BCUT2D eigenvalue weighted by molar-refractivity contribution is -0.0481. The molecule has 0 spiro atoms. The molecule has 2 fully saturated rings. The van der Waals surface area contributed by atoms with Crippen molar-refractivity contribution in [2.24, 2.45) is 5.92 Å². The second kappa shape index (κ2) is 5.01. The lowest BCUT2D eigenvalue weighted by Gasteiger charge is -2.52. The number of piperazine rings is 1. The SMILES string of the molecule is CC1(C)CN(CCOC(C)(C)C)C(C)(C2CC2)CN1. The molecule has 0 bridgehead atoms. The molecule has 3 nitrogen and oxygen atoms in total. The zero-order valence-electron chi connectivity index (χ0n) is 13.7. The van der Waals surface area contributed by atoms with Gasteiger partial charge in [-0.25, -0.2) is 0 Å². The fourth-order valence-electron chi connectivity index (χ4n) is 3.15. The van der Waals surface area contributed by atoms with Gasteiger partial charge < -0.3 is 10.1 Å². The van der Waals surface area contributed by atoms with Crippen molar-refractivity contribution in [1.82, 2.24) is 10.2 Å². The summed E-state index contributed by atoms with van der Waals surface area (Å²) in [7, 11) is 0. The normalized spacial score (nSPS) is 32.5. The third kappa shape index (κ3) is 3.93. The minimum Gasteiger partial charge on any atom is -0.375 e. The maximum absolute atomic E-state index is 5.93. The number of ether oxygens (including phenoxy) is 1. The molecule has 19 heavy (non-hydrogen) atoms. The Morgan fingerprint density at radius 3 is 2.37 bits per heavy atom.